The van der Waals surface area contributed by atoms with Gasteiger partial charge in [0, 0.05) is 18.0 Å². The predicted octanol–water partition coefficient (Wildman–Crippen LogP) is 1.45. The molecule has 0 amide bonds. The Morgan fingerprint density at radius 2 is 2.14 bits per heavy atom. The molecule has 3 nitrogen and oxygen atoms in total. The van der Waals surface area contributed by atoms with Gasteiger partial charge in [-0.2, -0.15) is 0 Å². The minimum Gasteiger partial charge on any atom is -0.382 e. The van der Waals surface area contributed by atoms with Gasteiger partial charge in [0.1, 0.15) is 0 Å². The fourth-order valence-corrected chi connectivity index (χ4v) is 2.85. The Morgan fingerprint density at radius 3 is 2.79 bits per heavy atom. The summed E-state index contributed by atoms with van der Waals surface area (Å²) in [6, 6.07) is 5.70. The Labute approximate surface area is 84.1 Å². The Kier molecular flexibility index (Phi) is 2.03. The molecule has 0 spiro atoms. The van der Waals surface area contributed by atoms with E-state index in [2.05, 4.69) is 5.32 Å². The molecule has 1 atom stereocenters. The maximum absolute atomic E-state index is 11.5. The molecule has 14 heavy (non-hydrogen) atoms. The van der Waals surface area contributed by atoms with Gasteiger partial charge in [-0.05, 0) is 31.0 Å². The lowest BCUT2D eigenvalue weighted by molar-refractivity contribution is 0.601. The van der Waals surface area contributed by atoms with Crippen molar-refractivity contribution in [1.82, 2.24) is 0 Å². The van der Waals surface area contributed by atoms with E-state index >= 15 is 0 Å². The second-order valence-corrected chi connectivity index (χ2v) is 5.79. The lowest BCUT2D eigenvalue weighted by atomic mass is 10.1. The molecule has 1 aromatic carbocycles. The number of rotatable bonds is 1. The molecule has 1 aliphatic rings. The normalized spacial score (nSPS) is 20.3. The van der Waals surface area contributed by atoms with E-state index in [1.54, 1.807) is 12.1 Å². The van der Waals surface area contributed by atoms with Gasteiger partial charge in [0.2, 0.25) is 0 Å². The number of hydrogen-bond donors (Lipinski definition) is 1. The SMILES string of the molecule is C[C@H]1Cc2c(cccc2S(C)(=O)=O)N1. The van der Waals surface area contributed by atoms with Gasteiger partial charge in [-0.3, -0.25) is 0 Å². The largest absolute Gasteiger partial charge is 0.382 e. The first kappa shape index (κ1) is 9.52. The maximum Gasteiger partial charge on any atom is 0.175 e. The second-order valence-electron chi connectivity index (χ2n) is 3.80. The van der Waals surface area contributed by atoms with Crippen LogP contribution in [0.25, 0.3) is 0 Å². The van der Waals surface area contributed by atoms with Crippen LogP contribution in [0.4, 0.5) is 5.69 Å². The van der Waals surface area contributed by atoms with Crippen LogP contribution in [0.5, 0.6) is 0 Å². The Balaban J connectivity index is 2.62. The average molecular weight is 211 g/mol. The molecule has 0 aliphatic carbocycles. The van der Waals surface area contributed by atoms with Gasteiger partial charge in [-0.25, -0.2) is 8.42 Å². The van der Waals surface area contributed by atoms with Gasteiger partial charge in [-0.15, -0.1) is 0 Å². The van der Waals surface area contributed by atoms with Crippen molar-refractivity contribution in [1.29, 1.82) is 0 Å². The lowest BCUT2D eigenvalue weighted by Gasteiger charge is -2.04. The Hall–Kier alpha value is -1.03. The standard InChI is InChI=1S/C10H13NO2S/c1-7-6-8-9(11-7)4-3-5-10(8)14(2,12)13/h3-5,7,11H,6H2,1-2H3/t7-/m0/s1. The van der Waals surface area contributed by atoms with Crippen LogP contribution >= 0.6 is 0 Å². The summed E-state index contributed by atoms with van der Waals surface area (Å²) in [6.45, 7) is 2.05. The van der Waals surface area contributed by atoms with Gasteiger partial charge in [0.25, 0.3) is 0 Å². The third-order valence-electron chi connectivity index (χ3n) is 2.44. The zero-order valence-corrected chi connectivity index (χ0v) is 9.06. The van der Waals surface area contributed by atoms with Crippen LogP contribution in [0, 0.1) is 0 Å². The van der Waals surface area contributed by atoms with Gasteiger partial charge >= 0.3 is 0 Å². The summed E-state index contributed by atoms with van der Waals surface area (Å²) in [5, 5.41) is 3.25. The molecule has 76 valence electrons. The molecule has 0 radical (unpaired) electrons. The number of fused-ring (bicyclic) bond motifs is 1. The summed E-state index contributed by atoms with van der Waals surface area (Å²) >= 11 is 0. The van der Waals surface area contributed by atoms with Crippen LogP contribution in [-0.4, -0.2) is 20.7 Å². The van der Waals surface area contributed by atoms with E-state index in [1.165, 1.54) is 6.26 Å². The molecule has 0 unspecified atom stereocenters. The van der Waals surface area contributed by atoms with Crippen molar-refractivity contribution < 1.29 is 8.42 Å². The van der Waals surface area contributed by atoms with E-state index in [4.69, 9.17) is 0 Å². The number of benzene rings is 1. The molecular formula is C10H13NO2S. The minimum absolute atomic E-state index is 0.327. The molecule has 4 heteroatoms. The monoisotopic (exact) mass is 211 g/mol. The van der Waals surface area contributed by atoms with E-state index in [9.17, 15) is 8.42 Å². The Bertz CT molecular complexity index is 465. The highest BCUT2D eigenvalue weighted by molar-refractivity contribution is 7.90. The molecule has 1 aromatic rings. The number of nitrogens with one attached hydrogen (secondary N) is 1. The highest BCUT2D eigenvalue weighted by Gasteiger charge is 2.23. The fourth-order valence-electron chi connectivity index (χ4n) is 1.88. The van der Waals surface area contributed by atoms with Crippen molar-refractivity contribution in [3.8, 4) is 0 Å². The highest BCUT2D eigenvalue weighted by atomic mass is 32.2. The number of hydrogen-bond acceptors (Lipinski definition) is 3. The molecule has 0 fully saturated rings. The van der Waals surface area contributed by atoms with E-state index < -0.39 is 9.84 Å². The predicted molar refractivity (Wildman–Crippen MR) is 56.3 cm³/mol. The van der Waals surface area contributed by atoms with Crippen LogP contribution in [0.3, 0.4) is 0 Å². The van der Waals surface area contributed by atoms with Crippen LogP contribution in [-0.2, 0) is 16.3 Å². The second kappa shape index (κ2) is 2.98. The molecular weight excluding hydrogens is 198 g/mol. The van der Waals surface area contributed by atoms with E-state index in [1.807, 2.05) is 13.0 Å². The zero-order valence-electron chi connectivity index (χ0n) is 8.24. The topological polar surface area (TPSA) is 46.2 Å². The third kappa shape index (κ3) is 1.50. The van der Waals surface area contributed by atoms with Crippen LogP contribution in [0.2, 0.25) is 0 Å². The Morgan fingerprint density at radius 1 is 1.43 bits per heavy atom. The van der Waals surface area contributed by atoms with Gasteiger partial charge < -0.3 is 5.32 Å². The molecule has 1 aliphatic heterocycles. The quantitative estimate of drug-likeness (QED) is 0.764. The third-order valence-corrected chi connectivity index (χ3v) is 3.63. The molecule has 2 rings (SSSR count). The van der Waals surface area contributed by atoms with Crippen LogP contribution in [0.1, 0.15) is 12.5 Å². The first-order chi connectivity index (χ1) is 6.48. The number of sulfone groups is 1. The molecule has 1 heterocycles. The molecule has 0 saturated heterocycles. The van der Waals surface area contributed by atoms with E-state index in [0.717, 1.165) is 17.7 Å². The summed E-state index contributed by atoms with van der Waals surface area (Å²) in [5.74, 6) is 0. The van der Waals surface area contributed by atoms with E-state index in [0.29, 0.717) is 10.9 Å². The van der Waals surface area contributed by atoms with Crippen molar-refractivity contribution in [3.05, 3.63) is 23.8 Å². The molecule has 0 aromatic heterocycles. The minimum atomic E-state index is -3.09. The van der Waals surface area contributed by atoms with Crippen molar-refractivity contribution in [2.75, 3.05) is 11.6 Å². The summed E-state index contributed by atoms with van der Waals surface area (Å²) in [5.41, 5.74) is 1.89. The average Bonchev–Trinajstić information content (AvgIpc) is 2.41. The summed E-state index contributed by atoms with van der Waals surface area (Å²) in [4.78, 5) is 0.465. The number of anilines is 1. The van der Waals surface area contributed by atoms with Gasteiger partial charge in [0.05, 0.1) is 4.90 Å². The molecule has 0 saturated carbocycles. The fraction of sp³-hybridized carbons (Fsp3) is 0.400. The summed E-state index contributed by atoms with van der Waals surface area (Å²) < 4.78 is 22.9. The van der Waals surface area contributed by atoms with Crippen LogP contribution < -0.4 is 5.32 Å². The van der Waals surface area contributed by atoms with Crippen LogP contribution in [0.15, 0.2) is 23.1 Å². The van der Waals surface area contributed by atoms with Gasteiger partial charge in [0.15, 0.2) is 9.84 Å². The highest BCUT2D eigenvalue weighted by Crippen LogP contribution is 2.30. The van der Waals surface area contributed by atoms with E-state index in [-0.39, 0.29) is 0 Å². The zero-order chi connectivity index (χ0) is 10.3. The smallest absolute Gasteiger partial charge is 0.175 e. The maximum atomic E-state index is 11.5. The lowest BCUT2D eigenvalue weighted by Crippen LogP contribution is -2.08. The summed E-state index contributed by atoms with van der Waals surface area (Å²) in [7, 11) is -3.09. The van der Waals surface area contributed by atoms with Crippen molar-refractivity contribution in [2.24, 2.45) is 0 Å². The van der Waals surface area contributed by atoms with Gasteiger partial charge in [-0.1, -0.05) is 6.07 Å². The summed E-state index contributed by atoms with van der Waals surface area (Å²) in [6.07, 6.45) is 2.05. The molecule has 1 N–H and O–H groups in total. The molecule has 0 bridgehead atoms. The first-order valence-corrected chi connectivity index (χ1v) is 6.46. The van der Waals surface area contributed by atoms with Crippen molar-refractivity contribution in [3.63, 3.8) is 0 Å². The first-order valence-electron chi connectivity index (χ1n) is 4.57. The van der Waals surface area contributed by atoms with Crippen molar-refractivity contribution in [2.45, 2.75) is 24.3 Å². The van der Waals surface area contributed by atoms with Crippen molar-refractivity contribution >= 4 is 15.5 Å².